The van der Waals surface area contributed by atoms with Gasteiger partial charge in [-0.3, -0.25) is 9.59 Å². The van der Waals surface area contributed by atoms with Crippen molar-refractivity contribution in [3.8, 4) is 5.69 Å². The minimum absolute atomic E-state index is 0.0403. The molecule has 0 aliphatic heterocycles. The number of aryl methyl sites for hydroxylation is 1. The summed E-state index contributed by atoms with van der Waals surface area (Å²) in [6, 6.07) is 7.39. The van der Waals surface area contributed by atoms with Gasteiger partial charge in [0.15, 0.2) is 0 Å². The highest BCUT2D eigenvalue weighted by atomic mass is 16.4. The summed E-state index contributed by atoms with van der Waals surface area (Å²) in [7, 11) is 0. The Morgan fingerprint density at radius 2 is 1.81 bits per heavy atom. The second-order valence-electron chi connectivity index (χ2n) is 7.72. The number of hydrogen-bond acceptors (Lipinski definition) is 3. The van der Waals surface area contributed by atoms with Crippen molar-refractivity contribution in [3.05, 3.63) is 46.8 Å². The number of nitrogens with zero attached hydrogens (tertiary/aromatic N) is 2. The van der Waals surface area contributed by atoms with E-state index >= 15 is 0 Å². The molecule has 6 nitrogen and oxygen atoms in total. The molecule has 1 aromatic heterocycles. The number of nitrogens with one attached hydrogen (secondary N) is 1. The maximum atomic E-state index is 12.5. The average Bonchev–Trinajstić information content (AvgIpc) is 3.16. The Kier molecular flexibility index (Phi) is 5.35. The van der Waals surface area contributed by atoms with E-state index < -0.39 is 5.97 Å². The summed E-state index contributed by atoms with van der Waals surface area (Å²) in [5.41, 5.74) is 4.15. The maximum absolute atomic E-state index is 12.5. The summed E-state index contributed by atoms with van der Waals surface area (Å²) in [6.07, 6.45) is 4.94. The molecule has 3 rings (SSSR count). The highest BCUT2D eigenvalue weighted by molar-refractivity contribution is 5.94. The quantitative estimate of drug-likeness (QED) is 0.815. The molecular formula is C21H27N3O3. The van der Waals surface area contributed by atoms with Crippen molar-refractivity contribution in [1.29, 1.82) is 0 Å². The largest absolute Gasteiger partial charge is 0.481 e. The number of carbonyl (C=O) groups excluding carboxylic acids is 1. The summed E-state index contributed by atoms with van der Waals surface area (Å²) in [6.45, 7) is 5.95. The van der Waals surface area contributed by atoms with Crippen LogP contribution in [0, 0.1) is 13.8 Å². The van der Waals surface area contributed by atoms with E-state index in [4.69, 9.17) is 5.11 Å². The van der Waals surface area contributed by atoms with E-state index in [1.165, 1.54) is 0 Å². The zero-order valence-corrected chi connectivity index (χ0v) is 16.2. The first-order valence-corrected chi connectivity index (χ1v) is 9.49. The van der Waals surface area contributed by atoms with Gasteiger partial charge in [-0.05, 0) is 69.9 Å². The van der Waals surface area contributed by atoms with Crippen molar-refractivity contribution in [2.24, 2.45) is 0 Å². The molecule has 1 saturated carbocycles. The van der Waals surface area contributed by atoms with Crippen LogP contribution in [0.15, 0.2) is 24.3 Å². The first-order valence-electron chi connectivity index (χ1n) is 9.49. The van der Waals surface area contributed by atoms with Gasteiger partial charge in [-0.1, -0.05) is 12.8 Å². The Morgan fingerprint density at radius 1 is 1.19 bits per heavy atom. The van der Waals surface area contributed by atoms with Crippen LogP contribution in [0.3, 0.4) is 0 Å². The van der Waals surface area contributed by atoms with Gasteiger partial charge in [0.1, 0.15) is 0 Å². The lowest BCUT2D eigenvalue weighted by Gasteiger charge is -2.25. The standard InChI is InChI=1S/C21H27N3O3/c1-14-18(10-11-19(25)26)15(2)24(23-14)17-8-6-16(7-9-17)20(27)22-21(3)12-4-5-13-21/h6-9H,4-5,10-13H2,1-3H3,(H,22,27)(H,25,26). The van der Waals surface area contributed by atoms with Crippen molar-refractivity contribution < 1.29 is 14.7 Å². The molecule has 6 heteroatoms. The highest BCUT2D eigenvalue weighted by Crippen LogP contribution is 2.29. The monoisotopic (exact) mass is 369 g/mol. The van der Waals surface area contributed by atoms with Gasteiger partial charge in [0.05, 0.1) is 11.4 Å². The number of amides is 1. The lowest BCUT2D eigenvalue weighted by molar-refractivity contribution is -0.136. The minimum Gasteiger partial charge on any atom is -0.481 e. The molecule has 1 amide bonds. The third-order valence-corrected chi connectivity index (χ3v) is 5.53. The maximum Gasteiger partial charge on any atom is 0.303 e. The molecule has 1 aromatic carbocycles. The number of carboxylic acids is 1. The van der Waals surface area contributed by atoms with E-state index in [2.05, 4.69) is 17.3 Å². The number of hydrogen-bond donors (Lipinski definition) is 2. The Bertz CT molecular complexity index is 846. The second kappa shape index (κ2) is 7.55. The first kappa shape index (κ1) is 19.1. The van der Waals surface area contributed by atoms with Crippen LogP contribution in [0.1, 0.15) is 66.3 Å². The topological polar surface area (TPSA) is 84.2 Å². The molecule has 0 radical (unpaired) electrons. The zero-order valence-electron chi connectivity index (χ0n) is 16.2. The highest BCUT2D eigenvalue weighted by Gasteiger charge is 2.30. The predicted octanol–water partition coefficient (Wildman–Crippen LogP) is 3.57. The third kappa shape index (κ3) is 4.21. The molecule has 1 aliphatic carbocycles. The number of carboxylic acid groups (broad SMARTS) is 1. The van der Waals surface area contributed by atoms with Crippen LogP contribution in [0.5, 0.6) is 0 Å². The predicted molar refractivity (Wildman–Crippen MR) is 103 cm³/mol. The molecule has 0 spiro atoms. The van der Waals surface area contributed by atoms with Crippen molar-refractivity contribution in [3.63, 3.8) is 0 Å². The molecule has 1 fully saturated rings. The molecule has 0 atom stereocenters. The minimum atomic E-state index is -0.812. The molecule has 1 heterocycles. The lowest BCUT2D eigenvalue weighted by Crippen LogP contribution is -2.43. The molecule has 1 aliphatic rings. The Hall–Kier alpha value is -2.63. The van der Waals surface area contributed by atoms with Crippen LogP contribution in [-0.4, -0.2) is 32.3 Å². The average molecular weight is 369 g/mol. The normalized spacial score (nSPS) is 15.7. The summed E-state index contributed by atoms with van der Waals surface area (Å²) < 4.78 is 1.81. The first-order chi connectivity index (χ1) is 12.8. The van der Waals surface area contributed by atoms with Crippen molar-refractivity contribution in [2.75, 3.05) is 0 Å². The molecule has 2 aromatic rings. The van der Waals surface area contributed by atoms with E-state index in [1.54, 1.807) is 0 Å². The van der Waals surface area contributed by atoms with Gasteiger partial charge in [-0.25, -0.2) is 4.68 Å². The Balaban J connectivity index is 1.76. The second-order valence-corrected chi connectivity index (χ2v) is 7.72. The van der Waals surface area contributed by atoms with Gasteiger partial charge in [-0.2, -0.15) is 5.10 Å². The summed E-state index contributed by atoms with van der Waals surface area (Å²) in [4.78, 5) is 23.4. The SMILES string of the molecule is Cc1nn(-c2ccc(C(=O)NC3(C)CCCC3)cc2)c(C)c1CCC(=O)O. The number of carbonyl (C=O) groups is 2. The van der Waals surface area contributed by atoms with E-state index in [9.17, 15) is 9.59 Å². The van der Waals surface area contributed by atoms with Gasteiger partial charge in [0.2, 0.25) is 0 Å². The number of benzene rings is 1. The summed E-state index contributed by atoms with van der Waals surface area (Å²) >= 11 is 0. The van der Waals surface area contributed by atoms with E-state index in [0.717, 1.165) is 48.3 Å². The molecule has 2 N–H and O–H groups in total. The van der Waals surface area contributed by atoms with E-state index in [-0.39, 0.29) is 17.9 Å². The fourth-order valence-electron chi connectivity index (χ4n) is 3.90. The van der Waals surface area contributed by atoms with Crippen LogP contribution >= 0.6 is 0 Å². The Morgan fingerprint density at radius 3 is 2.41 bits per heavy atom. The summed E-state index contributed by atoms with van der Waals surface area (Å²) in [5, 5.41) is 16.6. The van der Waals surface area contributed by atoms with Gasteiger partial charge in [0.25, 0.3) is 5.91 Å². The molecule has 0 bridgehead atoms. The van der Waals surface area contributed by atoms with E-state index in [1.807, 2.05) is 42.8 Å². The lowest BCUT2D eigenvalue weighted by atomic mass is 10.00. The smallest absolute Gasteiger partial charge is 0.303 e. The molecule has 0 unspecified atom stereocenters. The molecular weight excluding hydrogens is 342 g/mol. The van der Waals surface area contributed by atoms with Gasteiger partial charge >= 0.3 is 5.97 Å². The number of aromatic nitrogens is 2. The fraction of sp³-hybridized carbons (Fsp3) is 0.476. The van der Waals surface area contributed by atoms with E-state index in [0.29, 0.717) is 12.0 Å². The fourth-order valence-corrected chi connectivity index (χ4v) is 3.90. The zero-order chi connectivity index (χ0) is 19.6. The van der Waals surface area contributed by atoms with Crippen molar-refractivity contribution in [2.45, 2.75) is 64.8 Å². The number of aliphatic carboxylic acids is 1. The van der Waals surface area contributed by atoms with Crippen LogP contribution in [0.25, 0.3) is 5.69 Å². The van der Waals surface area contributed by atoms with Crippen molar-refractivity contribution >= 4 is 11.9 Å². The van der Waals surface area contributed by atoms with Crippen LogP contribution < -0.4 is 5.32 Å². The van der Waals surface area contributed by atoms with Crippen molar-refractivity contribution in [1.82, 2.24) is 15.1 Å². The molecule has 27 heavy (non-hydrogen) atoms. The van der Waals surface area contributed by atoms with Gasteiger partial charge in [-0.15, -0.1) is 0 Å². The summed E-state index contributed by atoms with van der Waals surface area (Å²) in [5.74, 6) is -0.852. The number of rotatable bonds is 6. The van der Waals surface area contributed by atoms with Gasteiger partial charge in [0, 0.05) is 23.2 Å². The Labute approximate surface area is 159 Å². The van der Waals surface area contributed by atoms with Crippen LogP contribution in [0.4, 0.5) is 0 Å². The molecule has 0 saturated heterocycles. The third-order valence-electron chi connectivity index (χ3n) is 5.53. The van der Waals surface area contributed by atoms with Crippen LogP contribution in [-0.2, 0) is 11.2 Å². The van der Waals surface area contributed by atoms with Crippen LogP contribution in [0.2, 0.25) is 0 Å². The van der Waals surface area contributed by atoms with Gasteiger partial charge < -0.3 is 10.4 Å². The molecule has 144 valence electrons.